The number of aliphatic carboxylic acids is 2. The summed E-state index contributed by atoms with van der Waals surface area (Å²) in [5.41, 5.74) is 2.79. The van der Waals surface area contributed by atoms with E-state index in [0.29, 0.717) is 0 Å². The second-order valence-corrected chi connectivity index (χ2v) is 8.77. The molecular weight excluding hydrogens is 434 g/mol. The number of ether oxygens (including phenoxy) is 1. The molecule has 34 heavy (non-hydrogen) atoms. The molecule has 0 amide bonds. The van der Waals surface area contributed by atoms with Gasteiger partial charge in [-0.2, -0.15) is 0 Å². The summed E-state index contributed by atoms with van der Waals surface area (Å²) in [6.45, 7) is 9.35. The van der Waals surface area contributed by atoms with Crippen molar-refractivity contribution in [2.24, 2.45) is 0 Å². The molecular formula is C26H35N3O5. The number of carbonyl (C=O) groups is 2. The number of piperidine rings is 1. The van der Waals surface area contributed by atoms with Gasteiger partial charge in [-0.05, 0) is 49.2 Å². The Hall–Kier alpha value is -2.94. The largest absolute Gasteiger partial charge is 0.497 e. The minimum atomic E-state index is -1.82. The number of likely N-dealkylation sites (tertiary alicyclic amines) is 1. The van der Waals surface area contributed by atoms with E-state index in [1.807, 2.05) is 6.07 Å². The number of carboxylic acids is 2. The molecule has 0 aliphatic carbocycles. The molecule has 2 heterocycles. The quantitative estimate of drug-likeness (QED) is 0.624. The summed E-state index contributed by atoms with van der Waals surface area (Å²) in [7, 11) is 1.74. The zero-order chi connectivity index (χ0) is 24.3. The average molecular weight is 470 g/mol. The van der Waals surface area contributed by atoms with E-state index in [2.05, 4.69) is 63.2 Å². The molecule has 8 heteroatoms. The monoisotopic (exact) mass is 469 g/mol. The number of methoxy groups -OCH3 is 1. The zero-order valence-corrected chi connectivity index (χ0v) is 19.8. The first-order chi connectivity index (χ1) is 16.4. The minimum Gasteiger partial charge on any atom is -0.497 e. The van der Waals surface area contributed by atoms with Gasteiger partial charge >= 0.3 is 11.9 Å². The molecule has 0 atom stereocenters. The highest BCUT2D eigenvalue weighted by molar-refractivity contribution is 6.27. The summed E-state index contributed by atoms with van der Waals surface area (Å²) in [5, 5.41) is 14.8. The van der Waals surface area contributed by atoms with Crippen LogP contribution in [0.15, 0.2) is 54.6 Å². The van der Waals surface area contributed by atoms with Crippen LogP contribution in [0.5, 0.6) is 5.75 Å². The summed E-state index contributed by atoms with van der Waals surface area (Å²) in [4.78, 5) is 26.1. The first-order valence-corrected chi connectivity index (χ1v) is 11.8. The Balaban J connectivity index is 0.000000481. The van der Waals surface area contributed by atoms with Crippen LogP contribution < -0.4 is 4.74 Å². The minimum absolute atomic E-state index is 0.764. The van der Waals surface area contributed by atoms with Gasteiger partial charge in [0.15, 0.2) is 0 Å². The van der Waals surface area contributed by atoms with Crippen LogP contribution in [-0.2, 0) is 22.7 Å². The molecule has 2 saturated heterocycles. The maximum atomic E-state index is 9.10. The summed E-state index contributed by atoms with van der Waals surface area (Å²) < 4.78 is 5.36. The maximum Gasteiger partial charge on any atom is 0.414 e. The molecule has 2 N–H and O–H groups in total. The Morgan fingerprint density at radius 3 is 1.94 bits per heavy atom. The normalized spacial score (nSPS) is 18.0. The van der Waals surface area contributed by atoms with E-state index < -0.39 is 11.9 Å². The van der Waals surface area contributed by atoms with Crippen molar-refractivity contribution >= 4 is 11.9 Å². The second kappa shape index (κ2) is 13.1. The van der Waals surface area contributed by atoms with Gasteiger partial charge in [-0.15, -0.1) is 0 Å². The van der Waals surface area contributed by atoms with Crippen molar-refractivity contribution in [3.05, 3.63) is 65.7 Å². The number of benzene rings is 2. The Morgan fingerprint density at radius 1 is 0.794 bits per heavy atom. The van der Waals surface area contributed by atoms with Gasteiger partial charge in [0.05, 0.1) is 7.11 Å². The van der Waals surface area contributed by atoms with Crippen molar-refractivity contribution in [1.82, 2.24) is 14.7 Å². The summed E-state index contributed by atoms with van der Waals surface area (Å²) >= 11 is 0. The van der Waals surface area contributed by atoms with E-state index in [0.717, 1.165) is 24.9 Å². The molecule has 0 bridgehead atoms. The molecule has 0 unspecified atom stereocenters. The smallest absolute Gasteiger partial charge is 0.414 e. The van der Waals surface area contributed by atoms with Gasteiger partial charge < -0.3 is 14.9 Å². The van der Waals surface area contributed by atoms with Crippen LogP contribution in [0, 0.1) is 0 Å². The van der Waals surface area contributed by atoms with Crippen LogP contribution in [0.1, 0.15) is 24.0 Å². The highest BCUT2D eigenvalue weighted by atomic mass is 16.5. The van der Waals surface area contributed by atoms with Crippen molar-refractivity contribution < 1.29 is 24.5 Å². The highest BCUT2D eigenvalue weighted by Gasteiger charge is 2.27. The first-order valence-electron chi connectivity index (χ1n) is 11.8. The third-order valence-electron chi connectivity index (χ3n) is 6.45. The van der Waals surface area contributed by atoms with Gasteiger partial charge in [0.2, 0.25) is 0 Å². The zero-order valence-electron chi connectivity index (χ0n) is 19.8. The highest BCUT2D eigenvalue weighted by Crippen LogP contribution is 2.21. The fourth-order valence-electron chi connectivity index (χ4n) is 4.60. The van der Waals surface area contributed by atoms with Crippen molar-refractivity contribution in [3.8, 4) is 5.75 Å². The Kier molecular flexibility index (Phi) is 9.88. The van der Waals surface area contributed by atoms with E-state index >= 15 is 0 Å². The molecule has 2 aromatic carbocycles. The Bertz CT molecular complexity index is 896. The topological polar surface area (TPSA) is 93.5 Å². The van der Waals surface area contributed by atoms with E-state index in [1.54, 1.807) is 7.11 Å². The van der Waals surface area contributed by atoms with Gasteiger partial charge in [0.25, 0.3) is 0 Å². The molecule has 0 radical (unpaired) electrons. The predicted octanol–water partition coefficient (Wildman–Crippen LogP) is 2.63. The molecule has 0 spiro atoms. The Morgan fingerprint density at radius 2 is 1.35 bits per heavy atom. The van der Waals surface area contributed by atoms with Gasteiger partial charge in [0, 0.05) is 45.3 Å². The molecule has 184 valence electrons. The van der Waals surface area contributed by atoms with Crippen molar-refractivity contribution in [2.45, 2.75) is 32.0 Å². The van der Waals surface area contributed by atoms with Crippen LogP contribution >= 0.6 is 0 Å². The lowest BCUT2D eigenvalue weighted by Gasteiger charge is -2.42. The molecule has 0 aromatic heterocycles. The van der Waals surface area contributed by atoms with E-state index in [1.165, 1.54) is 63.2 Å². The fourth-order valence-corrected chi connectivity index (χ4v) is 4.60. The molecule has 0 saturated carbocycles. The van der Waals surface area contributed by atoms with Crippen molar-refractivity contribution in [3.63, 3.8) is 0 Å². The van der Waals surface area contributed by atoms with Crippen LogP contribution in [0.4, 0.5) is 0 Å². The molecule has 2 aliphatic rings. The van der Waals surface area contributed by atoms with Crippen molar-refractivity contribution in [1.29, 1.82) is 0 Å². The number of nitrogens with zero attached hydrogens (tertiary/aromatic N) is 3. The fraction of sp³-hybridized carbons (Fsp3) is 0.462. The van der Waals surface area contributed by atoms with Gasteiger partial charge in [0.1, 0.15) is 5.75 Å². The molecule has 2 aliphatic heterocycles. The first kappa shape index (κ1) is 25.7. The lowest BCUT2D eigenvalue weighted by atomic mass is 10.0. The van der Waals surface area contributed by atoms with Crippen LogP contribution in [0.3, 0.4) is 0 Å². The SMILES string of the molecule is COc1cccc(CN2CCC(N3CCN(Cc4ccccc4)CC3)CC2)c1.O=C(O)C(=O)O. The van der Waals surface area contributed by atoms with Crippen LogP contribution in [0.2, 0.25) is 0 Å². The number of carboxylic acid groups (broad SMARTS) is 2. The Labute approximate surface area is 201 Å². The third-order valence-corrected chi connectivity index (χ3v) is 6.45. The lowest BCUT2D eigenvalue weighted by Crippen LogP contribution is -2.52. The van der Waals surface area contributed by atoms with Gasteiger partial charge in [-0.1, -0.05) is 42.5 Å². The number of piperazine rings is 1. The van der Waals surface area contributed by atoms with Crippen molar-refractivity contribution in [2.75, 3.05) is 46.4 Å². The number of hydrogen-bond donors (Lipinski definition) is 2. The van der Waals surface area contributed by atoms with Crippen LogP contribution in [-0.4, -0.2) is 89.3 Å². The molecule has 2 aromatic rings. The summed E-state index contributed by atoms with van der Waals surface area (Å²) in [5.74, 6) is -2.69. The number of rotatable bonds is 6. The molecule has 2 fully saturated rings. The summed E-state index contributed by atoms with van der Waals surface area (Å²) in [6, 6.07) is 20.1. The van der Waals surface area contributed by atoms with E-state index in [4.69, 9.17) is 24.5 Å². The maximum absolute atomic E-state index is 9.10. The number of hydrogen-bond acceptors (Lipinski definition) is 6. The predicted molar refractivity (Wildman–Crippen MR) is 130 cm³/mol. The third kappa shape index (κ3) is 8.13. The van der Waals surface area contributed by atoms with E-state index in [-0.39, 0.29) is 0 Å². The van der Waals surface area contributed by atoms with Gasteiger partial charge in [-0.25, -0.2) is 9.59 Å². The average Bonchev–Trinajstić information content (AvgIpc) is 2.86. The molecule has 8 nitrogen and oxygen atoms in total. The summed E-state index contributed by atoms with van der Waals surface area (Å²) in [6.07, 6.45) is 2.59. The lowest BCUT2D eigenvalue weighted by molar-refractivity contribution is -0.159. The molecule has 4 rings (SSSR count). The standard InChI is InChI=1S/C24H33N3O.C2H2O4/c1-28-24-9-5-8-22(18-24)20-25-12-10-23(11-13-25)27-16-14-26(15-17-27)19-21-6-3-2-4-7-21;3-1(4)2(5)6/h2-9,18,23H,10-17,19-20H2,1H3;(H,3,4)(H,5,6). The van der Waals surface area contributed by atoms with Gasteiger partial charge in [-0.3, -0.25) is 14.7 Å². The van der Waals surface area contributed by atoms with E-state index in [9.17, 15) is 0 Å². The van der Waals surface area contributed by atoms with Crippen LogP contribution in [0.25, 0.3) is 0 Å². The second-order valence-electron chi connectivity index (χ2n) is 8.77.